The lowest BCUT2D eigenvalue weighted by molar-refractivity contribution is -0.130. The van der Waals surface area contributed by atoms with Crippen molar-refractivity contribution in [3.63, 3.8) is 0 Å². The van der Waals surface area contributed by atoms with E-state index in [1.807, 2.05) is 78.9 Å². The summed E-state index contributed by atoms with van der Waals surface area (Å²) in [6, 6.07) is 25.1. The summed E-state index contributed by atoms with van der Waals surface area (Å²) in [6.07, 6.45) is 1.13. The van der Waals surface area contributed by atoms with Gasteiger partial charge in [0.1, 0.15) is 5.75 Å². The van der Waals surface area contributed by atoms with Crippen LogP contribution in [0, 0.1) is 5.41 Å². The normalized spacial score (nSPS) is 18.6. The number of rotatable bonds is 12. The number of benzene rings is 3. The fraction of sp³-hybridized carbons (Fsp3) is 0.375. The Morgan fingerprint density at radius 3 is 2.42 bits per heavy atom. The standard InChI is InChI=1S/C32H38BrN3O4/c1-31(2,3)18-19-34-36-30(38)32(22-25-12-7-8-13-27(25)33)28(23-10-5-4-6-11-23)40-29(35-32)24-14-16-26(17-15-24)39-21-9-20-37/h4-8,10-17,28,34,37H,9,18-22H2,1-3H3,(H,36,38)/t28-,32-/m0/s1. The van der Waals surface area contributed by atoms with Gasteiger partial charge in [-0.2, -0.15) is 0 Å². The van der Waals surface area contributed by atoms with Crippen molar-refractivity contribution in [1.82, 2.24) is 10.9 Å². The molecule has 1 heterocycles. The SMILES string of the molecule is CC(C)(C)CCNNC(=O)[C@@]1(Cc2ccccc2Br)N=C(c2ccc(OCCCO)cc2)O[C@H]1c1ccccc1. The predicted molar refractivity (Wildman–Crippen MR) is 161 cm³/mol. The molecule has 0 saturated carbocycles. The molecule has 212 valence electrons. The first-order chi connectivity index (χ1) is 19.2. The Labute approximate surface area is 245 Å². The van der Waals surface area contributed by atoms with Crippen LogP contribution in [0.15, 0.2) is 88.3 Å². The Morgan fingerprint density at radius 1 is 1.05 bits per heavy atom. The van der Waals surface area contributed by atoms with Gasteiger partial charge in [-0.15, -0.1) is 0 Å². The van der Waals surface area contributed by atoms with Crippen molar-refractivity contribution < 1.29 is 19.4 Å². The van der Waals surface area contributed by atoms with Gasteiger partial charge >= 0.3 is 0 Å². The molecule has 0 fully saturated rings. The van der Waals surface area contributed by atoms with E-state index in [1.165, 1.54) is 0 Å². The van der Waals surface area contributed by atoms with Crippen LogP contribution in [0.4, 0.5) is 0 Å². The number of nitrogens with zero attached hydrogens (tertiary/aromatic N) is 1. The van der Waals surface area contributed by atoms with Crippen LogP contribution in [0.5, 0.6) is 5.75 Å². The van der Waals surface area contributed by atoms with E-state index in [4.69, 9.17) is 19.6 Å². The molecule has 0 radical (unpaired) electrons. The zero-order valence-corrected chi connectivity index (χ0v) is 24.9. The molecule has 3 aromatic carbocycles. The van der Waals surface area contributed by atoms with Crippen LogP contribution in [0.3, 0.4) is 0 Å². The van der Waals surface area contributed by atoms with Gasteiger partial charge in [-0.1, -0.05) is 85.2 Å². The number of carbonyl (C=O) groups is 1. The third-order valence-corrected chi connectivity index (χ3v) is 7.53. The summed E-state index contributed by atoms with van der Waals surface area (Å²) in [5, 5.41) is 9.02. The second-order valence-corrected chi connectivity index (χ2v) is 12.0. The molecule has 7 nitrogen and oxygen atoms in total. The lowest BCUT2D eigenvalue weighted by Crippen LogP contribution is -2.54. The molecule has 0 spiro atoms. The van der Waals surface area contributed by atoms with Gasteiger partial charge in [0.25, 0.3) is 5.91 Å². The Morgan fingerprint density at radius 2 is 1.75 bits per heavy atom. The maximum Gasteiger partial charge on any atom is 0.266 e. The summed E-state index contributed by atoms with van der Waals surface area (Å²) < 4.78 is 13.1. The number of halogens is 1. The minimum absolute atomic E-state index is 0.0797. The van der Waals surface area contributed by atoms with Crippen molar-refractivity contribution in [2.45, 2.75) is 51.7 Å². The second-order valence-electron chi connectivity index (χ2n) is 11.2. The summed E-state index contributed by atoms with van der Waals surface area (Å²) >= 11 is 3.67. The minimum atomic E-state index is -1.27. The molecule has 40 heavy (non-hydrogen) atoms. The molecule has 8 heteroatoms. The van der Waals surface area contributed by atoms with E-state index in [0.717, 1.165) is 27.6 Å². The average molecular weight is 609 g/mol. The molecule has 3 N–H and O–H groups in total. The van der Waals surface area contributed by atoms with E-state index in [9.17, 15) is 4.79 Å². The van der Waals surface area contributed by atoms with Crippen LogP contribution in [-0.4, -0.2) is 42.2 Å². The van der Waals surface area contributed by atoms with E-state index < -0.39 is 11.6 Å². The molecular formula is C32H38BrN3O4. The average Bonchev–Trinajstić information content (AvgIpc) is 3.33. The number of hydrogen-bond donors (Lipinski definition) is 3. The molecule has 3 aromatic rings. The number of aliphatic hydroxyl groups is 1. The smallest absolute Gasteiger partial charge is 0.266 e. The molecule has 1 amide bonds. The van der Waals surface area contributed by atoms with E-state index >= 15 is 0 Å². The quantitative estimate of drug-likeness (QED) is 0.180. The highest BCUT2D eigenvalue weighted by atomic mass is 79.9. The number of nitrogens with one attached hydrogen (secondary N) is 2. The third-order valence-electron chi connectivity index (χ3n) is 6.75. The van der Waals surface area contributed by atoms with Gasteiger partial charge in [0.05, 0.1) is 6.61 Å². The Hall–Kier alpha value is -3.20. The minimum Gasteiger partial charge on any atom is -0.494 e. The zero-order valence-electron chi connectivity index (χ0n) is 23.3. The van der Waals surface area contributed by atoms with Crippen LogP contribution in [0.25, 0.3) is 0 Å². The van der Waals surface area contributed by atoms with Gasteiger partial charge in [-0.3, -0.25) is 10.2 Å². The Bertz CT molecular complexity index is 1290. The fourth-order valence-electron chi connectivity index (χ4n) is 4.53. The van der Waals surface area contributed by atoms with Gasteiger partial charge in [-0.25, -0.2) is 10.4 Å². The molecule has 0 aromatic heterocycles. The lowest BCUT2D eigenvalue weighted by atomic mass is 9.82. The maximum atomic E-state index is 14.2. The van der Waals surface area contributed by atoms with E-state index in [0.29, 0.717) is 37.6 Å². The molecule has 1 aliphatic heterocycles. The highest BCUT2D eigenvalue weighted by Crippen LogP contribution is 2.43. The van der Waals surface area contributed by atoms with Crippen molar-refractivity contribution in [3.8, 4) is 5.75 Å². The van der Waals surface area contributed by atoms with Gasteiger partial charge in [0.15, 0.2) is 11.6 Å². The Kier molecular flexibility index (Phi) is 10.0. The summed E-state index contributed by atoms with van der Waals surface area (Å²) in [4.78, 5) is 19.2. The predicted octanol–water partition coefficient (Wildman–Crippen LogP) is 5.77. The number of ether oxygens (including phenoxy) is 2. The second kappa shape index (κ2) is 13.4. The first-order valence-corrected chi connectivity index (χ1v) is 14.4. The highest BCUT2D eigenvalue weighted by Gasteiger charge is 2.53. The van der Waals surface area contributed by atoms with Crippen LogP contribution >= 0.6 is 15.9 Å². The van der Waals surface area contributed by atoms with Gasteiger partial charge < -0.3 is 14.6 Å². The van der Waals surface area contributed by atoms with Gasteiger partial charge in [-0.05, 0) is 53.3 Å². The first-order valence-electron chi connectivity index (χ1n) is 13.6. The van der Waals surface area contributed by atoms with Crippen LogP contribution in [-0.2, 0) is 16.0 Å². The number of hydrazine groups is 1. The van der Waals surface area contributed by atoms with Crippen molar-refractivity contribution in [1.29, 1.82) is 0 Å². The van der Waals surface area contributed by atoms with Crippen molar-refractivity contribution in [3.05, 3.63) is 100 Å². The molecule has 2 atom stereocenters. The van der Waals surface area contributed by atoms with Crippen molar-refractivity contribution in [2.24, 2.45) is 10.4 Å². The van der Waals surface area contributed by atoms with Crippen LogP contribution in [0.1, 0.15) is 56.4 Å². The highest BCUT2D eigenvalue weighted by molar-refractivity contribution is 9.10. The molecule has 0 saturated heterocycles. The maximum absolute atomic E-state index is 14.2. The molecule has 1 aliphatic rings. The molecule has 0 unspecified atom stereocenters. The summed E-state index contributed by atoms with van der Waals surface area (Å²) in [5.74, 6) is 0.827. The van der Waals surface area contributed by atoms with E-state index in [2.05, 4.69) is 47.6 Å². The Balaban J connectivity index is 1.71. The van der Waals surface area contributed by atoms with Crippen molar-refractivity contribution in [2.75, 3.05) is 19.8 Å². The molecular weight excluding hydrogens is 570 g/mol. The van der Waals surface area contributed by atoms with E-state index in [-0.39, 0.29) is 17.9 Å². The molecule has 4 rings (SSSR count). The monoisotopic (exact) mass is 607 g/mol. The lowest BCUT2D eigenvalue weighted by Gasteiger charge is -2.31. The fourth-order valence-corrected chi connectivity index (χ4v) is 4.96. The zero-order chi connectivity index (χ0) is 28.6. The summed E-state index contributed by atoms with van der Waals surface area (Å²) in [6.45, 7) is 7.64. The molecule has 0 bridgehead atoms. The number of aliphatic imine (C=N–C) groups is 1. The van der Waals surface area contributed by atoms with Crippen LogP contribution < -0.4 is 15.6 Å². The summed E-state index contributed by atoms with van der Waals surface area (Å²) in [7, 11) is 0. The van der Waals surface area contributed by atoms with Crippen LogP contribution in [0.2, 0.25) is 0 Å². The third kappa shape index (κ3) is 7.50. The van der Waals surface area contributed by atoms with E-state index in [1.54, 1.807) is 0 Å². The molecule has 0 aliphatic carbocycles. The van der Waals surface area contributed by atoms with Gasteiger partial charge in [0, 0.05) is 36.0 Å². The number of amides is 1. The topological polar surface area (TPSA) is 92.2 Å². The number of aliphatic hydroxyl groups excluding tert-OH is 1. The first kappa shape index (κ1) is 29.8. The van der Waals surface area contributed by atoms with Crippen molar-refractivity contribution >= 4 is 27.7 Å². The largest absolute Gasteiger partial charge is 0.494 e. The van der Waals surface area contributed by atoms with Gasteiger partial charge in [0.2, 0.25) is 5.90 Å². The number of hydrogen-bond acceptors (Lipinski definition) is 6. The summed E-state index contributed by atoms with van der Waals surface area (Å²) in [5.41, 5.74) is 7.51. The number of carbonyl (C=O) groups excluding carboxylic acids is 1.